The van der Waals surface area contributed by atoms with E-state index in [0.29, 0.717) is 25.9 Å². The molecule has 2 heterocycles. The third-order valence-corrected chi connectivity index (χ3v) is 3.26. The highest BCUT2D eigenvalue weighted by molar-refractivity contribution is 5.97. The van der Waals surface area contributed by atoms with Gasteiger partial charge in [0.15, 0.2) is 0 Å². The van der Waals surface area contributed by atoms with Gasteiger partial charge in [-0.15, -0.1) is 0 Å². The number of β-amino-alcohol motifs (C(OH)–C–C–N with tert-alkyl or cyclic N) is 1. The number of carbonyl (C=O) groups is 2. The van der Waals surface area contributed by atoms with Gasteiger partial charge in [0.05, 0.1) is 12.1 Å². The van der Waals surface area contributed by atoms with Crippen LogP contribution in [0, 0.1) is 0 Å². The van der Waals surface area contributed by atoms with E-state index in [9.17, 15) is 14.7 Å². The average molecular weight is 226 g/mol. The summed E-state index contributed by atoms with van der Waals surface area (Å²) in [7, 11) is 0. The van der Waals surface area contributed by atoms with Gasteiger partial charge in [0.1, 0.15) is 0 Å². The highest BCUT2D eigenvalue weighted by Crippen LogP contribution is 2.20. The van der Waals surface area contributed by atoms with Crippen molar-refractivity contribution in [2.75, 3.05) is 26.2 Å². The molecule has 0 aromatic rings. The van der Waals surface area contributed by atoms with Gasteiger partial charge in [-0.25, -0.2) is 0 Å². The van der Waals surface area contributed by atoms with Crippen LogP contribution in [0.2, 0.25) is 0 Å². The second-order valence-electron chi connectivity index (χ2n) is 5.00. The predicted octanol–water partition coefficient (Wildman–Crippen LogP) is -0.408. The van der Waals surface area contributed by atoms with Gasteiger partial charge in [0.25, 0.3) is 0 Å². The molecule has 0 saturated carbocycles. The van der Waals surface area contributed by atoms with Crippen molar-refractivity contribution in [2.24, 2.45) is 0 Å². The van der Waals surface area contributed by atoms with E-state index in [1.807, 2.05) is 4.90 Å². The van der Waals surface area contributed by atoms with Gasteiger partial charge in [0.2, 0.25) is 11.8 Å². The van der Waals surface area contributed by atoms with Gasteiger partial charge < -0.3 is 5.11 Å². The van der Waals surface area contributed by atoms with Crippen molar-refractivity contribution in [3.63, 3.8) is 0 Å². The average Bonchev–Trinajstić information content (AvgIpc) is 2.72. The fourth-order valence-corrected chi connectivity index (χ4v) is 2.36. The fraction of sp³-hybridized carbons (Fsp3) is 0.818. The van der Waals surface area contributed by atoms with E-state index >= 15 is 0 Å². The van der Waals surface area contributed by atoms with Crippen LogP contribution in [0.4, 0.5) is 0 Å². The molecule has 2 fully saturated rings. The molecule has 5 heteroatoms. The highest BCUT2D eigenvalue weighted by Gasteiger charge is 2.34. The summed E-state index contributed by atoms with van der Waals surface area (Å²) in [4.78, 5) is 26.4. The molecule has 1 atom stereocenters. The summed E-state index contributed by atoms with van der Waals surface area (Å²) >= 11 is 0. The first-order chi connectivity index (χ1) is 7.48. The fourth-order valence-electron chi connectivity index (χ4n) is 2.36. The maximum atomic E-state index is 11.8. The number of hydrogen-bond acceptors (Lipinski definition) is 4. The van der Waals surface area contributed by atoms with E-state index in [2.05, 4.69) is 0 Å². The molecule has 0 radical (unpaired) electrons. The number of carbonyl (C=O) groups excluding carboxylic acids is 2. The molecule has 1 N–H and O–H groups in total. The van der Waals surface area contributed by atoms with Crippen LogP contribution in [-0.2, 0) is 9.59 Å². The summed E-state index contributed by atoms with van der Waals surface area (Å²) in [6, 6.07) is 0. The van der Waals surface area contributed by atoms with E-state index in [1.54, 1.807) is 6.92 Å². The first-order valence-corrected chi connectivity index (χ1v) is 5.76. The molecule has 0 bridgehead atoms. The minimum absolute atomic E-state index is 0.0593. The number of likely N-dealkylation sites (tertiary alicyclic amines) is 2. The first kappa shape index (κ1) is 11.5. The van der Waals surface area contributed by atoms with E-state index in [4.69, 9.17) is 0 Å². The molecule has 2 aliphatic rings. The molecule has 0 aliphatic carbocycles. The molecule has 5 nitrogen and oxygen atoms in total. The van der Waals surface area contributed by atoms with Crippen molar-refractivity contribution >= 4 is 11.8 Å². The minimum Gasteiger partial charge on any atom is -0.389 e. The Labute approximate surface area is 95.0 Å². The lowest BCUT2D eigenvalue weighted by Gasteiger charge is -2.21. The van der Waals surface area contributed by atoms with Crippen molar-refractivity contribution < 1.29 is 14.7 Å². The van der Waals surface area contributed by atoms with E-state index in [1.165, 1.54) is 4.90 Å². The number of aliphatic hydroxyl groups is 1. The quantitative estimate of drug-likeness (QED) is 0.695. The van der Waals surface area contributed by atoms with Gasteiger partial charge in [-0.1, -0.05) is 0 Å². The molecular formula is C11H18N2O3. The predicted molar refractivity (Wildman–Crippen MR) is 57.6 cm³/mol. The van der Waals surface area contributed by atoms with Crippen LogP contribution in [-0.4, -0.2) is 58.5 Å². The van der Waals surface area contributed by atoms with Crippen molar-refractivity contribution in [2.45, 2.75) is 31.8 Å². The summed E-state index contributed by atoms with van der Waals surface area (Å²) in [5.74, 6) is -0.184. The Hall–Kier alpha value is -0.940. The van der Waals surface area contributed by atoms with E-state index in [-0.39, 0.29) is 18.4 Å². The smallest absolute Gasteiger partial charge is 0.243 e. The Balaban J connectivity index is 1.86. The van der Waals surface area contributed by atoms with Crippen molar-refractivity contribution in [3.8, 4) is 0 Å². The van der Waals surface area contributed by atoms with Crippen molar-refractivity contribution in [3.05, 3.63) is 0 Å². The zero-order valence-corrected chi connectivity index (χ0v) is 9.61. The summed E-state index contributed by atoms with van der Waals surface area (Å²) in [5.41, 5.74) is -0.685. The maximum absolute atomic E-state index is 11.8. The molecule has 0 aromatic carbocycles. The lowest BCUT2D eigenvalue weighted by Crippen LogP contribution is -2.41. The Morgan fingerprint density at radius 1 is 1.50 bits per heavy atom. The van der Waals surface area contributed by atoms with Gasteiger partial charge >= 0.3 is 0 Å². The number of amides is 2. The molecule has 0 aromatic heterocycles. The van der Waals surface area contributed by atoms with Crippen molar-refractivity contribution in [1.29, 1.82) is 0 Å². The van der Waals surface area contributed by atoms with Gasteiger partial charge in [-0.3, -0.25) is 19.4 Å². The Bertz CT molecular complexity index is 314. The maximum Gasteiger partial charge on any atom is 0.243 e. The molecule has 16 heavy (non-hydrogen) atoms. The topological polar surface area (TPSA) is 60.9 Å². The Morgan fingerprint density at radius 3 is 2.75 bits per heavy atom. The minimum atomic E-state index is -0.685. The molecular weight excluding hydrogens is 208 g/mol. The number of nitrogens with zero attached hydrogens (tertiary/aromatic N) is 2. The van der Waals surface area contributed by atoms with Crippen LogP contribution < -0.4 is 0 Å². The molecule has 2 aliphatic heterocycles. The number of hydrogen-bond donors (Lipinski definition) is 1. The molecule has 0 spiro atoms. The largest absolute Gasteiger partial charge is 0.389 e. The molecule has 90 valence electrons. The zero-order valence-electron chi connectivity index (χ0n) is 9.61. The van der Waals surface area contributed by atoms with Crippen LogP contribution in [0.25, 0.3) is 0 Å². The van der Waals surface area contributed by atoms with Gasteiger partial charge in [-0.05, 0) is 19.8 Å². The highest BCUT2D eigenvalue weighted by atomic mass is 16.3. The Kier molecular flexibility index (Phi) is 2.99. The van der Waals surface area contributed by atoms with Crippen LogP contribution in [0.5, 0.6) is 0 Å². The molecule has 2 amide bonds. The summed E-state index contributed by atoms with van der Waals surface area (Å²) < 4.78 is 0. The molecule has 2 rings (SSSR count). The standard InChI is InChI=1S/C11H18N2O3/c1-11(16)4-6-12(8-11)7-10(15)13-5-2-3-9(13)14/h16H,2-8H2,1H3. The van der Waals surface area contributed by atoms with Gasteiger partial charge in [0, 0.05) is 26.1 Å². The van der Waals surface area contributed by atoms with Crippen LogP contribution in [0.1, 0.15) is 26.2 Å². The SMILES string of the molecule is CC1(O)CCN(CC(=O)N2CCCC2=O)C1. The van der Waals surface area contributed by atoms with E-state index in [0.717, 1.165) is 13.0 Å². The summed E-state index contributed by atoms with van der Waals surface area (Å²) in [6.45, 7) is 3.82. The third kappa shape index (κ3) is 2.41. The number of imide groups is 1. The normalized spacial score (nSPS) is 31.4. The second kappa shape index (κ2) is 4.14. The lowest BCUT2D eigenvalue weighted by molar-refractivity contribution is -0.142. The molecule has 2 saturated heterocycles. The van der Waals surface area contributed by atoms with E-state index < -0.39 is 5.60 Å². The Morgan fingerprint density at radius 2 is 2.25 bits per heavy atom. The first-order valence-electron chi connectivity index (χ1n) is 5.76. The number of rotatable bonds is 2. The van der Waals surface area contributed by atoms with Crippen LogP contribution >= 0.6 is 0 Å². The third-order valence-electron chi connectivity index (χ3n) is 3.26. The van der Waals surface area contributed by atoms with Gasteiger partial charge in [-0.2, -0.15) is 0 Å². The lowest BCUT2D eigenvalue weighted by atomic mass is 10.1. The summed E-state index contributed by atoms with van der Waals surface area (Å²) in [6.07, 6.45) is 1.96. The monoisotopic (exact) mass is 226 g/mol. The molecule has 1 unspecified atom stereocenters. The summed E-state index contributed by atoms with van der Waals surface area (Å²) in [5, 5.41) is 9.76. The zero-order chi connectivity index (χ0) is 11.8. The van der Waals surface area contributed by atoms with Crippen molar-refractivity contribution in [1.82, 2.24) is 9.80 Å². The van der Waals surface area contributed by atoms with Crippen LogP contribution in [0.15, 0.2) is 0 Å². The second-order valence-corrected chi connectivity index (χ2v) is 5.00. The van der Waals surface area contributed by atoms with Crippen LogP contribution in [0.3, 0.4) is 0 Å².